The van der Waals surface area contributed by atoms with E-state index >= 15 is 0 Å². The summed E-state index contributed by atoms with van der Waals surface area (Å²) in [6.07, 6.45) is 4.53. The number of fused-ring (bicyclic) bond motifs is 1. The molecule has 0 aliphatic heterocycles. The molecule has 3 nitrogen and oxygen atoms in total. The molecule has 1 aromatic carbocycles. The average Bonchev–Trinajstić information content (AvgIpc) is 3.35. The van der Waals surface area contributed by atoms with Gasteiger partial charge in [-0.3, -0.25) is 4.79 Å². The van der Waals surface area contributed by atoms with Gasteiger partial charge in [0.1, 0.15) is 11.4 Å². The fourth-order valence-corrected chi connectivity index (χ4v) is 4.59. The number of Topliss-reactive ketones (excluding diaryl/α,β-unsaturated/α-hetero) is 1. The van der Waals surface area contributed by atoms with E-state index in [2.05, 4.69) is 26.0 Å². The monoisotopic (exact) mass is 336 g/mol. The van der Waals surface area contributed by atoms with Gasteiger partial charge in [-0.1, -0.05) is 17.7 Å². The van der Waals surface area contributed by atoms with Gasteiger partial charge in [-0.05, 0) is 80.5 Å². The zero-order chi connectivity index (χ0) is 18.0. The van der Waals surface area contributed by atoms with E-state index in [0.29, 0.717) is 5.57 Å². The van der Waals surface area contributed by atoms with Crippen molar-refractivity contribution in [2.24, 2.45) is 5.41 Å². The normalized spacial score (nSPS) is 26.9. The van der Waals surface area contributed by atoms with Crippen molar-refractivity contribution in [1.29, 1.82) is 0 Å². The quantitative estimate of drug-likeness (QED) is 0.910. The Morgan fingerprint density at radius 2 is 1.80 bits per heavy atom. The molecule has 1 N–H and O–H groups in total. The predicted octanol–water partition coefficient (Wildman–Crippen LogP) is 3.92. The van der Waals surface area contributed by atoms with Crippen LogP contribution in [0.2, 0.25) is 0 Å². The summed E-state index contributed by atoms with van der Waals surface area (Å²) in [5, 5.41) is 10.9. The molecule has 1 atom stereocenters. The first kappa shape index (κ1) is 16.3. The Labute approximate surface area is 148 Å². The van der Waals surface area contributed by atoms with Gasteiger partial charge in [-0.25, -0.2) is 0 Å². The number of benzene rings is 1. The Morgan fingerprint density at radius 1 is 1.16 bits per heavy atom. The maximum Gasteiger partial charge on any atom is 0.195 e. The number of hydrogen-bond donors (Lipinski definition) is 1. The minimum atomic E-state index is -1.28. The van der Waals surface area contributed by atoms with Crippen LogP contribution in [0.1, 0.15) is 39.2 Å². The molecule has 1 spiro atoms. The lowest BCUT2D eigenvalue weighted by Crippen LogP contribution is -2.49. The molecule has 0 bridgehead atoms. The average molecular weight is 336 g/mol. The lowest BCUT2D eigenvalue weighted by molar-refractivity contribution is -0.137. The maximum absolute atomic E-state index is 13.0. The highest BCUT2D eigenvalue weighted by Crippen LogP contribution is 2.65. The molecular formula is C22H24O3. The number of allylic oxidation sites excluding steroid dienone is 4. The van der Waals surface area contributed by atoms with Crippen LogP contribution in [0.15, 0.2) is 58.2 Å². The van der Waals surface area contributed by atoms with Crippen LogP contribution in [0.25, 0.3) is 0 Å². The van der Waals surface area contributed by atoms with Crippen LogP contribution in [0.5, 0.6) is 5.75 Å². The van der Waals surface area contributed by atoms with E-state index in [1.807, 2.05) is 18.2 Å². The van der Waals surface area contributed by atoms with Gasteiger partial charge in [-0.2, -0.15) is 0 Å². The Bertz CT molecular complexity index is 859. The first-order valence-corrected chi connectivity index (χ1v) is 8.85. The Kier molecular flexibility index (Phi) is 3.39. The number of ketones is 1. The molecular weight excluding hydrogens is 312 g/mol. The maximum atomic E-state index is 13.0. The van der Waals surface area contributed by atoms with Gasteiger partial charge in [-0.15, -0.1) is 0 Å². The first-order chi connectivity index (χ1) is 11.8. The molecule has 1 aromatic rings. The summed E-state index contributed by atoms with van der Waals surface area (Å²) in [6.45, 7) is 5.86. The second-order valence-corrected chi connectivity index (χ2v) is 7.73. The van der Waals surface area contributed by atoms with Crippen molar-refractivity contribution < 1.29 is 14.6 Å². The van der Waals surface area contributed by atoms with E-state index in [1.54, 1.807) is 14.0 Å². The minimum absolute atomic E-state index is 0.116. The standard InChI is InChI=1S/C22H24O3/c1-13-11-18-19(14(2)22(9-10-22)21(3,24)20(18)23)17(13)12-15-5-7-16(25-4)8-6-15/h5-8,11,24H,9-10,12H2,1-4H3/t21-/m0/s1. The van der Waals surface area contributed by atoms with E-state index in [-0.39, 0.29) is 11.2 Å². The molecule has 4 rings (SSSR count). The zero-order valence-corrected chi connectivity index (χ0v) is 15.3. The van der Waals surface area contributed by atoms with Gasteiger partial charge in [0.15, 0.2) is 5.78 Å². The molecule has 0 unspecified atom stereocenters. The van der Waals surface area contributed by atoms with Crippen molar-refractivity contribution in [3.8, 4) is 5.75 Å². The van der Waals surface area contributed by atoms with Gasteiger partial charge in [0.2, 0.25) is 0 Å². The predicted molar refractivity (Wildman–Crippen MR) is 97.5 cm³/mol. The van der Waals surface area contributed by atoms with Gasteiger partial charge >= 0.3 is 0 Å². The summed E-state index contributed by atoms with van der Waals surface area (Å²) >= 11 is 0. The van der Waals surface area contributed by atoms with Crippen LogP contribution in [0.3, 0.4) is 0 Å². The molecule has 1 fully saturated rings. The number of carbonyl (C=O) groups is 1. The number of aliphatic hydroxyl groups is 1. The van der Waals surface area contributed by atoms with E-state index < -0.39 is 5.60 Å². The molecule has 0 heterocycles. The van der Waals surface area contributed by atoms with Gasteiger partial charge in [0.25, 0.3) is 0 Å². The summed E-state index contributed by atoms with van der Waals surface area (Å²) < 4.78 is 5.23. The number of methoxy groups -OCH3 is 1. The molecule has 0 amide bonds. The van der Waals surface area contributed by atoms with Crippen molar-refractivity contribution in [3.05, 3.63) is 63.8 Å². The van der Waals surface area contributed by atoms with E-state index in [4.69, 9.17) is 4.74 Å². The van der Waals surface area contributed by atoms with Crippen molar-refractivity contribution in [2.75, 3.05) is 7.11 Å². The molecule has 0 aromatic heterocycles. The second kappa shape index (κ2) is 5.18. The summed E-state index contributed by atoms with van der Waals surface area (Å²) in [6, 6.07) is 8.07. The van der Waals surface area contributed by atoms with Crippen LogP contribution < -0.4 is 4.74 Å². The summed E-state index contributed by atoms with van der Waals surface area (Å²) in [7, 11) is 1.66. The van der Waals surface area contributed by atoms with Crippen LogP contribution >= 0.6 is 0 Å². The zero-order valence-electron chi connectivity index (χ0n) is 15.3. The highest BCUT2D eigenvalue weighted by atomic mass is 16.5. The van der Waals surface area contributed by atoms with Gasteiger partial charge in [0, 0.05) is 11.0 Å². The Balaban J connectivity index is 1.76. The Hall–Kier alpha value is -2.13. The topological polar surface area (TPSA) is 46.5 Å². The molecule has 1 saturated carbocycles. The molecule has 0 radical (unpaired) electrons. The largest absolute Gasteiger partial charge is 0.497 e. The van der Waals surface area contributed by atoms with Crippen LogP contribution in [0, 0.1) is 5.41 Å². The van der Waals surface area contributed by atoms with Crippen LogP contribution in [-0.4, -0.2) is 23.6 Å². The third-order valence-corrected chi connectivity index (χ3v) is 6.41. The summed E-state index contributed by atoms with van der Waals surface area (Å²) in [5.41, 5.74) is 4.87. The SMILES string of the molecule is COc1ccc(CC2=C(C)C=C3C(=O)[C@](C)(O)C4(CC4)C(C)=C32)cc1. The third-order valence-electron chi connectivity index (χ3n) is 6.41. The van der Waals surface area contributed by atoms with Crippen molar-refractivity contribution in [3.63, 3.8) is 0 Å². The highest BCUT2D eigenvalue weighted by molar-refractivity contribution is 6.10. The van der Waals surface area contributed by atoms with Crippen molar-refractivity contribution >= 4 is 5.78 Å². The third kappa shape index (κ3) is 2.12. The lowest BCUT2D eigenvalue weighted by atomic mass is 9.67. The smallest absolute Gasteiger partial charge is 0.195 e. The van der Waals surface area contributed by atoms with E-state index in [9.17, 15) is 9.90 Å². The van der Waals surface area contributed by atoms with Gasteiger partial charge in [0.05, 0.1) is 7.11 Å². The molecule has 3 heteroatoms. The molecule has 3 aliphatic carbocycles. The molecule has 0 saturated heterocycles. The Morgan fingerprint density at radius 3 is 2.36 bits per heavy atom. The van der Waals surface area contributed by atoms with Crippen LogP contribution in [-0.2, 0) is 11.2 Å². The fourth-order valence-electron chi connectivity index (χ4n) is 4.59. The molecule has 25 heavy (non-hydrogen) atoms. The minimum Gasteiger partial charge on any atom is -0.497 e. The van der Waals surface area contributed by atoms with Crippen LogP contribution in [0.4, 0.5) is 0 Å². The van der Waals surface area contributed by atoms with Gasteiger partial charge < -0.3 is 9.84 Å². The number of ether oxygens (including phenoxy) is 1. The van der Waals surface area contributed by atoms with E-state index in [1.165, 1.54) is 16.7 Å². The first-order valence-electron chi connectivity index (χ1n) is 8.85. The summed E-state index contributed by atoms with van der Waals surface area (Å²) in [4.78, 5) is 13.0. The molecule has 3 aliphatic rings. The van der Waals surface area contributed by atoms with Crippen molar-refractivity contribution in [2.45, 2.75) is 45.6 Å². The van der Waals surface area contributed by atoms with E-state index in [0.717, 1.165) is 36.2 Å². The van der Waals surface area contributed by atoms with Crippen molar-refractivity contribution in [1.82, 2.24) is 0 Å². The number of rotatable bonds is 3. The number of hydrogen-bond acceptors (Lipinski definition) is 3. The number of carbonyl (C=O) groups excluding carboxylic acids is 1. The fraction of sp³-hybridized carbons (Fsp3) is 0.409. The summed E-state index contributed by atoms with van der Waals surface area (Å²) in [5.74, 6) is 0.727. The second-order valence-electron chi connectivity index (χ2n) is 7.73. The highest BCUT2D eigenvalue weighted by Gasteiger charge is 2.64. The molecule has 130 valence electrons. The lowest BCUT2D eigenvalue weighted by Gasteiger charge is -2.39.